The van der Waals surface area contributed by atoms with Gasteiger partial charge in [0.15, 0.2) is 17.4 Å². The standard InChI is InChI=1S/C47H72O15/c1-26(10-11-33-30(48)22-37(56-33)47(54)39(50)28(3)14-20-55-47)21-27(2)23-42(5)16-13-36(60-42)46-19-18-43(6,62-46)25-35(59-46)38-31(49)24-44(7,61-38)40(51)34-12-17-45(58-34)15-8-9-32(57-45)29(4)41(52)53/h10-11,21,27-30,32-40,48,50-51,54H,8-9,12-20,22-25H2,1-7H3,(H,52,53)/b11-10+,26-21+/t27-,28+,29+,30+,32-,33?,34?,35?,36+,37?,38?,39+,40-,42+,43-,44+,45+,46-,47+/m0/s1. The monoisotopic (exact) mass is 876 g/mol. The van der Waals surface area contributed by atoms with Crippen LogP contribution in [0.2, 0.25) is 0 Å². The number of allylic oxidation sites excluding steroid dienone is 3. The van der Waals surface area contributed by atoms with E-state index in [0.29, 0.717) is 51.6 Å². The predicted octanol–water partition coefficient (Wildman–Crippen LogP) is 4.77. The molecule has 0 aromatic heterocycles. The molecule has 8 rings (SSSR count). The molecule has 8 aliphatic rings. The number of Topliss-reactive ketones (excluding diaryl/α,β-unsaturated/α-hetero) is 1. The molecule has 8 fully saturated rings. The Morgan fingerprint density at radius 1 is 0.919 bits per heavy atom. The second kappa shape index (κ2) is 17.1. The topological polar surface area (TPSA) is 209 Å². The van der Waals surface area contributed by atoms with E-state index < -0.39 is 101 Å². The van der Waals surface area contributed by atoms with Crippen LogP contribution in [-0.4, -0.2) is 139 Å². The Labute approximate surface area is 365 Å². The number of aliphatic hydroxyl groups is 4. The maximum atomic E-state index is 13.9. The number of carboxylic acid groups (broad SMARTS) is 1. The Kier molecular flexibility index (Phi) is 12.9. The van der Waals surface area contributed by atoms with Crippen molar-refractivity contribution in [3.8, 4) is 0 Å². The van der Waals surface area contributed by atoms with Crippen LogP contribution in [-0.2, 0) is 47.5 Å². The normalized spacial score (nSPS) is 50.2. The Morgan fingerprint density at radius 3 is 2.44 bits per heavy atom. The quantitative estimate of drug-likeness (QED) is 0.167. The van der Waals surface area contributed by atoms with E-state index in [4.69, 9.17) is 37.9 Å². The molecule has 0 aliphatic carbocycles. The molecule has 0 amide bonds. The third kappa shape index (κ3) is 8.89. The molecule has 5 unspecified atom stereocenters. The van der Waals surface area contributed by atoms with Gasteiger partial charge in [0.25, 0.3) is 0 Å². The van der Waals surface area contributed by atoms with E-state index in [-0.39, 0.29) is 36.6 Å². The average Bonchev–Trinajstić information content (AvgIpc) is 4.02. The van der Waals surface area contributed by atoms with Crippen molar-refractivity contribution in [3.63, 3.8) is 0 Å². The lowest BCUT2D eigenvalue weighted by atomic mass is 9.87. The molecule has 0 aromatic carbocycles. The zero-order valence-electron chi connectivity index (χ0n) is 37.7. The van der Waals surface area contributed by atoms with Crippen LogP contribution in [0.3, 0.4) is 0 Å². The third-order valence-electron chi connectivity index (χ3n) is 15.7. The molecule has 8 saturated heterocycles. The highest BCUT2D eigenvalue weighted by molar-refractivity contribution is 5.86. The lowest BCUT2D eigenvalue weighted by Gasteiger charge is -2.47. The van der Waals surface area contributed by atoms with Crippen molar-refractivity contribution >= 4 is 11.8 Å². The van der Waals surface area contributed by atoms with Crippen LogP contribution in [0.25, 0.3) is 0 Å². The van der Waals surface area contributed by atoms with Gasteiger partial charge in [-0.1, -0.05) is 37.6 Å². The summed E-state index contributed by atoms with van der Waals surface area (Å²) >= 11 is 0. The highest BCUT2D eigenvalue weighted by atomic mass is 16.8. The summed E-state index contributed by atoms with van der Waals surface area (Å²) in [5, 5.41) is 54.0. The number of hydrogen-bond donors (Lipinski definition) is 5. The molecule has 350 valence electrons. The maximum Gasteiger partial charge on any atom is 0.308 e. The Hall–Kier alpha value is -1.86. The first-order valence-corrected chi connectivity index (χ1v) is 23.4. The van der Waals surface area contributed by atoms with Gasteiger partial charge < -0.3 is 63.4 Å². The number of hydrogen-bond acceptors (Lipinski definition) is 14. The van der Waals surface area contributed by atoms with Crippen molar-refractivity contribution in [1.29, 1.82) is 0 Å². The van der Waals surface area contributed by atoms with Crippen molar-refractivity contribution in [1.82, 2.24) is 0 Å². The maximum absolute atomic E-state index is 13.9. The number of fused-ring (bicyclic) bond motifs is 2. The molecule has 0 radical (unpaired) electrons. The van der Waals surface area contributed by atoms with Gasteiger partial charge in [0.05, 0.1) is 48.1 Å². The first-order chi connectivity index (χ1) is 29.1. The van der Waals surface area contributed by atoms with Gasteiger partial charge in [0, 0.05) is 38.5 Å². The van der Waals surface area contributed by atoms with Crippen molar-refractivity contribution in [3.05, 3.63) is 23.8 Å². The third-order valence-corrected chi connectivity index (χ3v) is 15.7. The summed E-state index contributed by atoms with van der Waals surface area (Å²) in [7, 11) is 0. The van der Waals surface area contributed by atoms with E-state index in [0.717, 1.165) is 37.7 Å². The Morgan fingerprint density at radius 2 is 1.68 bits per heavy atom. The summed E-state index contributed by atoms with van der Waals surface area (Å²) < 4.78 is 51.4. The Balaban J connectivity index is 0.863. The van der Waals surface area contributed by atoms with Crippen molar-refractivity contribution in [2.75, 3.05) is 6.61 Å². The zero-order valence-corrected chi connectivity index (χ0v) is 37.7. The molecule has 5 N–H and O–H groups in total. The summed E-state index contributed by atoms with van der Waals surface area (Å²) in [6, 6.07) is 0. The van der Waals surface area contributed by atoms with Crippen LogP contribution in [0.1, 0.15) is 138 Å². The number of carbonyl (C=O) groups is 2. The number of carboxylic acids is 1. The number of ketones is 1. The molecule has 2 bridgehead atoms. The summed E-state index contributed by atoms with van der Waals surface area (Å²) in [5.41, 5.74) is -1.22. The molecule has 15 heteroatoms. The smallest absolute Gasteiger partial charge is 0.308 e. The second-order valence-corrected chi connectivity index (χ2v) is 21.2. The highest BCUT2D eigenvalue weighted by Crippen LogP contribution is 2.55. The molecular weight excluding hydrogens is 805 g/mol. The SMILES string of the molecule is CC(/C=C/C1OC([C@@]2(O)OCC[C@@H](C)[C@H]2O)C[C@H]1O)=C\[C@H](C)C[C@@]1(C)CC[C@H]([C@@]23CC[C@@](C)(CC(C4O[C@@](C)([C@@H](O)C5CC[C@@]6(CCC[C@@H]([C@@H](C)C(=O)O)O6)O5)CC4=O)O2)O3)O1. The van der Waals surface area contributed by atoms with Gasteiger partial charge in [-0.2, -0.15) is 0 Å². The zero-order chi connectivity index (χ0) is 44.6. The molecule has 62 heavy (non-hydrogen) atoms. The molecule has 15 nitrogen and oxygen atoms in total. The molecule has 8 aliphatic heterocycles. The van der Waals surface area contributed by atoms with Crippen LogP contribution in [0.5, 0.6) is 0 Å². The number of aliphatic hydroxyl groups excluding tert-OH is 3. The lowest BCUT2D eigenvalue weighted by molar-refractivity contribution is -0.359. The van der Waals surface area contributed by atoms with Crippen LogP contribution in [0.4, 0.5) is 0 Å². The predicted molar refractivity (Wildman–Crippen MR) is 221 cm³/mol. The van der Waals surface area contributed by atoms with Gasteiger partial charge in [-0.15, -0.1) is 0 Å². The minimum Gasteiger partial charge on any atom is -0.481 e. The fourth-order valence-corrected chi connectivity index (χ4v) is 12.1. The molecule has 0 aromatic rings. The van der Waals surface area contributed by atoms with Crippen LogP contribution < -0.4 is 0 Å². The van der Waals surface area contributed by atoms with Gasteiger partial charge in [0.2, 0.25) is 5.79 Å². The fraction of sp³-hybridized carbons (Fsp3) is 0.872. The van der Waals surface area contributed by atoms with E-state index in [9.17, 15) is 35.1 Å². The first kappa shape index (κ1) is 46.7. The first-order valence-electron chi connectivity index (χ1n) is 23.4. The molecule has 19 atom stereocenters. The van der Waals surface area contributed by atoms with Crippen LogP contribution in [0.15, 0.2) is 23.8 Å². The Bertz CT molecular complexity index is 1740. The van der Waals surface area contributed by atoms with Crippen molar-refractivity contribution in [2.45, 2.75) is 234 Å². The fourth-order valence-electron chi connectivity index (χ4n) is 12.1. The van der Waals surface area contributed by atoms with Gasteiger partial charge in [-0.05, 0) is 97.8 Å². The number of ether oxygens (including phenoxy) is 8. The number of aliphatic carboxylic acids is 1. The molecule has 0 saturated carbocycles. The van der Waals surface area contributed by atoms with E-state index in [1.54, 1.807) is 19.9 Å². The molecule has 1 spiro atoms. The number of rotatable bonds is 12. The van der Waals surface area contributed by atoms with Crippen LogP contribution >= 0.6 is 0 Å². The van der Waals surface area contributed by atoms with Gasteiger partial charge >= 0.3 is 5.97 Å². The van der Waals surface area contributed by atoms with Crippen molar-refractivity contribution < 1.29 is 73.0 Å². The highest BCUT2D eigenvalue weighted by Gasteiger charge is 2.64. The van der Waals surface area contributed by atoms with Gasteiger partial charge in [-0.3, -0.25) is 9.59 Å². The van der Waals surface area contributed by atoms with Gasteiger partial charge in [-0.25, -0.2) is 0 Å². The van der Waals surface area contributed by atoms with E-state index in [1.165, 1.54) is 0 Å². The lowest BCUT2D eigenvalue weighted by Crippen LogP contribution is -2.59. The minimum absolute atomic E-state index is 0.00421. The molecular formula is C47H72O15. The van der Waals surface area contributed by atoms with Crippen molar-refractivity contribution in [2.24, 2.45) is 17.8 Å². The van der Waals surface area contributed by atoms with E-state index >= 15 is 0 Å². The summed E-state index contributed by atoms with van der Waals surface area (Å²) in [6.45, 7) is 13.9. The average molecular weight is 877 g/mol. The summed E-state index contributed by atoms with van der Waals surface area (Å²) in [4.78, 5) is 25.5. The largest absolute Gasteiger partial charge is 0.481 e. The minimum atomic E-state index is -1.86. The van der Waals surface area contributed by atoms with Crippen LogP contribution in [0, 0.1) is 17.8 Å². The van der Waals surface area contributed by atoms with Gasteiger partial charge in [0.1, 0.15) is 42.2 Å². The number of carbonyl (C=O) groups excluding carboxylic acids is 1. The van der Waals surface area contributed by atoms with E-state index in [2.05, 4.69) is 26.8 Å². The summed E-state index contributed by atoms with van der Waals surface area (Å²) in [5.74, 6) is -5.58. The second-order valence-electron chi connectivity index (χ2n) is 21.2. The molecule has 8 heterocycles. The summed E-state index contributed by atoms with van der Waals surface area (Å²) in [6.07, 6.45) is 6.29. The van der Waals surface area contributed by atoms with E-state index in [1.807, 2.05) is 19.9 Å².